The Kier molecular flexibility index (Phi) is 3.98. The Bertz CT molecular complexity index is 599. The van der Waals surface area contributed by atoms with E-state index in [0.717, 1.165) is 29.8 Å². The first-order chi connectivity index (χ1) is 10.3. The fourth-order valence-corrected chi connectivity index (χ4v) is 2.09. The van der Waals surface area contributed by atoms with Crippen LogP contribution in [0.2, 0.25) is 0 Å². The van der Waals surface area contributed by atoms with Gasteiger partial charge < -0.3 is 9.47 Å². The normalized spacial score (nSPS) is 15.5. The molecule has 6 heteroatoms. The van der Waals surface area contributed by atoms with Crippen LogP contribution in [0, 0.1) is 0 Å². The number of methoxy groups -OCH3 is 1. The number of benzene rings is 1. The van der Waals surface area contributed by atoms with Gasteiger partial charge in [-0.05, 0) is 36.6 Å². The van der Waals surface area contributed by atoms with E-state index in [4.69, 9.17) is 15.3 Å². The van der Waals surface area contributed by atoms with Gasteiger partial charge in [-0.25, -0.2) is 5.43 Å². The third-order valence-electron chi connectivity index (χ3n) is 3.35. The Hall–Kier alpha value is -2.18. The molecule has 0 bridgehead atoms. The molecule has 1 heterocycles. The van der Waals surface area contributed by atoms with Gasteiger partial charge in [-0.3, -0.25) is 5.84 Å². The molecule has 0 radical (unpaired) electrons. The average molecular weight is 286 g/mol. The summed E-state index contributed by atoms with van der Waals surface area (Å²) in [6.07, 6.45) is 2.63. The Morgan fingerprint density at radius 1 is 1.24 bits per heavy atom. The summed E-state index contributed by atoms with van der Waals surface area (Å²) >= 11 is 0. The van der Waals surface area contributed by atoms with Crippen molar-refractivity contribution in [3.63, 3.8) is 0 Å². The highest BCUT2D eigenvalue weighted by Gasteiger charge is 2.24. The van der Waals surface area contributed by atoms with Crippen LogP contribution in [0.4, 0.5) is 0 Å². The van der Waals surface area contributed by atoms with Gasteiger partial charge in [0.25, 0.3) is 0 Å². The Morgan fingerprint density at radius 3 is 2.71 bits per heavy atom. The van der Waals surface area contributed by atoms with Crippen LogP contribution in [0.3, 0.4) is 0 Å². The van der Waals surface area contributed by atoms with Crippen molar-refractivity contribution in [2.75, 3.05) is 7.11 Å². The van der Waals surface area contributed by atoms with Crippen molar-refractivity contribution in [1.82, 2.24) is 15.6 Å². The van der Waals surface area contributed by atoms with Crippen LogP contribution in [-0.2, 0) is 0 Å². The first-order valence-electron chi connectivity index (χ1n) is 6.90. The Balaban J connectivity index is 1.83. The molecule has 3 rings (SSSR count). The van der Waals surface area contributed by atoms with Gasteiger partial charge in [0.05, 0.1) is 24.9 Å². The second-order valence-corrected chi connectivity index (χ2v) is 4.99. The minimum atomic E-state index is -0.244. The summed E-state index contributed by atoms with van der Waals surface area (Å²) in [5.74, 6) is 7.01. The highest BCUT2D eigenvalue weighted by molar-refractivity contribution is 5.35. The molecule has 2 aromatic rings. The van der Waals surface area contributed by atoms with Gasteiger partial charge in [-0.15, -0.1) is 10.2 Å². The van der Waals surface area contributed by atoms with Crippen molar-refractivity contribution >= 4 is 0 Å². The smallest absolute Gasteiger partial charge is 0.233 e. The SMILES string of the molecule is COc1ccc(C(NN)c2cccc(OC3CC3)c2)nn1. The van der Waals surface area contributed by atoms with E-state index in [1.807, 2.05) is 30.3 Å². The number of nitrogens with zero attached hydrogens (tertiary/aromatic N) is 2. The predicted octanol–water partition coefficient (Wildman–Crippen LogP) is 1.58. The summed E-state index contributed by atoms with van der Waals surface area (Å²) < 4.78 is 10.8. The van der Waals surface area contributed by atoms with Gasteiger partial charge in [-0.1, -0.05) is 12.1 Å². The van der Waals surface area contributed by atoms with E-state index >= 15 is 0 Å². The fourth-order valence-electron chi connectivity index (χ4n) is 2.09. The fraction of sp³-hybridized carbons (Fsp3) is 0.333. The topological polar surface area (TPSA) is 82.3 Å². The Morgan fingerprint density at radius 2 is 2.10 bits per heavy atom. The molecule has 0 amide bonds. The standard InChI is InChI=1S/C15H18N4O2/c1-20-14-8-7-13(18-19-14)15(17-16)10-3-2-4-12(9-10)21-11-5-6-11/h2-4,7-9,11,15,17H,5-6,16H2,1H3. The van der Waals surface area contributed by atoms with Crippen molar-refractivity contribution in [3.05, 3.63) is 47.7 Å². The second-order valence-electron chi connectivity index (χ2n) is 4.99. The van der Waals surface area contributed by atoms with Crippen molar-refractivity contribution < 1.29 is 9.47 Å². The molecule has 1 unspecified atom stereocenters. The van der Waals surface area contributed by atoms with Gasteiger partial charge in [-0.2, -0.15) is 0 Å². The van der Waals surface area contributed by atoms with Crippen LogP contribution in [0.1, 0.15) is 30.1 Å². The molecule has 3 N–H and O–H groups in total. The van der Waals surface area contributed by atoms with Gasteiger partial charge in [0.2, 0.25) is 5.88 Å². The van der Waals surface area contributed by atoms with Crippen LogP contribution in [-0.4, -0.2) is 23.4 Å². The van der Waals surface area contributed by atoms with Gasteiger partial charge in [0.1, 0.15) is 5.75 Å². The first-order valence-corrected chi connectivity index (χ1v) is 6.90. The van der Waals surface area contributed by atoms with E-state index in [2.05, 4.69) is 15.6 Å². The zero-order valence-corrected chi connectivity index (χ0v) is 11.8. The van der Waals surface area contributed by atoms with Crippen LogP contribution in [0.25, 0.3) is 0 Å². The summed E-state index contributed by atoms with van der Waals surface area (Å²) in [6, 6.07) is 11.2. The molecular weight excluding hydrogens is 268 g/mol. The summed E-state index contributed by atoms with van der Waals surface area (Å²) in [7, 11) is 1.56. The van der Waals surface area contributed by atoms with Crippen LogP contribution < -0.4 is 20.7 Å². The monoisotopic (exact) mass is 286 g/mol. The minimum absolute atomic E-state index is 0.244. The third-order valence-corrected chi connectivity index (χ3v) is 3.35. The summed E-state index contributed by atoms with van der Waals surface area (Å²) in [6.45, 7) is 0. The molecule has 110 valence electrons. The number of aromatic nitrogens is 2. The third kappa shape index (κ3) is 3.29. The largest absolute Gasteiger partial charge is 0.490 e. The van der Waals surface area contributed by atoms with Gasteiger partial charge in [0.15, 0.2) is 0 Å². The number of rotatable bonds is 6. The maximum absolute atomic E-state index is 5.81. The number of nitrogens with two attached hydrogens (primary N) is 1. The van der Waals surface area contributed by atoms with E-state index in [-0.39, 0.29) is 6.04 Å². The quantitative estimate of drug-likeness (QED) is 0.620. The molecule has 1 atom stereocenters. The summed E-state index contributed by atoms with van der Waals surface area (Å²) in [5, 5.41) is 8.12. The van der Waals surface area contributed by atoms with Crippen molar-refractivity contribution in [1.29, 1.82) is 0 Å². The van der Waals surface area contributed by atoms with Crippen LogP contribution >= 0.6 is 0 Å². The number of hydrogen-bond acceptors (Lipinski definition) is 6. The summed E-state index contributed by atoms with van der Waals surface area (Å²) in [5.41, 5.74) is 4.47. The number of ether oxygens (including phenoxy) is 2. The minimum Gasteiger partial charge on any atom is -0.490 e. The molecule has 1 saturated carbocycles. The van der Waals surface area contributed by atoms with E-state index in [0.29, 0.717) is 12.0 Å². The molecule has 1 aromatic heterocycles. The molecule has 0 spiro atoms. The van der Waals surface area contributed by atoms with E-state index < -0.39 is 0 Å². The molecule has 1 aliphatic carbocycles. The molecule has 6 nitrogen and oxygen atoms in total. The molecule has 1 aromatic carbocycles. The summed E-state index contributed by atoms with van der Waals surface area (Å²) in [4.78, 5) is 0. The molecular formula is C15H18N4O2. The lowest BCUT2D eigenvalue weighted by molar-refractivity contribution is 0.302. The van der Waals surface area contributed by atoms with Crippen LogP contribution in [0.15, 0.2) is 36.4 Å². The number of hydrazine groups is 1. The van der Waals surface area contributed by atoms with Crippen molar-refractivity contribution in [2.24, 2.45) is 5.84 Å². The van der Waals surface area contributed by atoms with Gasteiger partial charge >= 0.3 is 0 Å². The lowest BCUT2D eigenvalue weighted by Crippen LogP contribution is -2.29. The average Bonchev–Trinajstić information content (AvgIpc) is 3.33. The number of nitrogens with one attached hydrogen (secondary N) is 1. The van der Waals surface area contributed by atoms with E-state index in [1.54, 1.807) is 13.2 Å². The molecule has 1 fully saturated rings. The lowest BCUT2D eigenvalue weighted by Gasteiger charge is -2.16. The molecule has 0 saturated heterocycles. The van der Waals surface area contributed by atoms with Crippen molar-refractivity contribution in [2.45, 2.75) is 25.0 Å². The van der Waals surface area contributed by atoms with E-state index in [1.165, 1.54) is 0 Å². The first kappa shape index (κ1) is 13.8. The molecule has 21 heavy (non-hydrogen) atoms. The van der Waals surface area contributed by atoms with Crippen molar-refractivity contribution in [3.8, 4) is 11.6 Å². The highest BCUT2D eigenvalue weighted by Crippen LogP contribution is 2.29. The zero-order valence-electron chi connectivity index (χ0n) is 11.8. The predicted molar refractivity (Wildman–Crippen MR) is 77.8 cm³/mol. The van der Waals surface area contributed by atoms with Crippen LogP contribution in [0.5, 0.6) is 11.6 Å². The number of hydrogen-bond donors (Lipinski definition) is 2. The second kappa shape index (κ2) is 6.07. The Labute approximate surface area is 123 Å². The van der Waals surface area contributed by atoms with E-state index in [9.17, 15) is 0 Å². The molecule has 1 aliphatic rings. The lowest BCUT2D eigenvalue weighted by atomic mass is 10.0. The zero-order chi connectivity index (χ0) is 14.7. The maximum atomic E-state index is 5.81. The molecule has 0 aliphatic heterocycles. The van der Waals surface area contributed by atoms with Gasteiger partial charge in [0, 0.05) is 6.07 Å². The highest BCUT2D eigenvalue weighted by atomic mass is 16.5. The maximum Gasteiger partial charge on any atom is 0.233 e.